The van der Waals surface area contributed by atoms with E-state index < -0.39 is 42.5 Å². The number of alkyl halides is 1. The first-order valence-corrected chi connectivity index (χ1v) is 10.1. The first kappa shape index (κ1) is 20.3. The molecular weight excluding hydrogens is 337 g/mol. The van der Waals surface area contributed by atoms with Crippen LogP contribution in [0.5, 0.6) is 0 Å². The molecule has 0 aliphatic rings. The minimum absolute atomic E-state index is 0.0786. The third-order valence-electron chi connectivity index (χ3n) is 3.35. The zero-order chi connectivity index (χ0) is 18.1. The lowest BCUT2D eigenvalue weighted by atomic mass is 9.88. The van der Waals surface area contributed by atoms with Crippen molar-refractivity contribution in [2.75, 3.05) is 0 Å². The number of hydrogen-bond donors (Lipinski definition) is 1. The van der Waals surface area contributed by atoms with Gasteiger partial charge in [-0.2, -0.15) is 0 Å². The van der Waals surface area contributed by atoms with Gasteiger partial charge in [0.1, 0.15) is 0 Å². The SMILES string of the molecule is CC(C)(C)[C@H](N[S@](=O)C(C)(C)C)[C@@H](F)S(=O)(=O)c1ccccc1. The second kappa shape index (κ2) is 6.99. The molecule has 1 aromatic rings. The lowest BCUT2D eigenvalue weighted by molar-refractivity contribution is 0.218. The first-order valence-electron chi connectivity index (χ1n) is 7.39. The van der Waals surface area contributed by atoms with Crippen LogP contribution in [0.3, 0.4) is 0 Å². The van der Waals surface area contributed by atoms with E-state index in [0.29, 0.717) is 0 Å². The van der Waals surface area contributed by atoms with Crippen LogP contribution in [0.2, 0.25) is 0 Å². The molecule has 4 nitrogen and oxygen atoms in total. The van der Waals surface area contributed by atoms with Crippen molar-refractivity contribution in [3.63, 3.8) is 0 Å². The molecule has 1 aromatic carbocycles. The summed E-state index contributed by atoms with van der Waals surface area (Å²) in [5.74, 6) is 0. The highest BCUT2D eigenvalue weighted by Gasteiger charge is 2.43. The molecular formula is C16H26FNO3S2. The van der Waals surface area contributed by atoms with Crippen molar-refractivity contribution in [3.8, 4) is 0 Å². The van der Waals surface area contributed by atoms with E-state index in [0.717, 1.165) is 0 Å². The van der Waals surface area contributed by atoms with Crippen molar-refractivity contribution >= 4 is 20.8 Å². The van der Waals surface area contributed by atoms with Gasteiger partial charge in [-0.3, -0.25) is 0 Å². The Hall–Kier alpha value is -0.790. The van der Waals surface area contributed by atoms with Crippen LogP contribution < -0.4 is 4.72 Å². The maximum absolute atomic E-state index is 15.0. The molecule has 0 saturated carbocycles. The van der Waals surface area contributed by atoms with Crippen molar-refractivity contribution in [2.45, 2.75) is 62.7 Å². The quantitative estimate of drug-likeness (QED) is 0.874. The first-order chi connectivity index (χ1) is 10.3. The van der Waals surface area contributed by atoms with Gasteiger partial charge in [0, 0.05) is 0 Å². The van der Waals surface area contributed by atoms with Crippen LogP contribution in [-0.2, 0) is 20.8 Å². The molecule has 0 spiro atoms. The molecule has 0 heterocycles. The Labute approximate surface area is 141 Å². The smallest absolute Gasteiger partial charge is 0.221 e. The average molecular weight is 364 g/mol. The van der Waals surface area contributed by atoms with E-state index in [1.807, 2.05) is 0 Å². The van der Waals surface area contributed by atoms with Gasteiger partial charge in [0.05, 0.1) is 26.7 Å². The summed E-state index contributed by atoms with van der Waals surface area (Å²) in [7, 11) is -5.76. The molecule has 1 rings (SSSR count). The van der Waals surface area contributed by atoms with Crippen LogP contribution in [-0.4, -0.2) is 28.9 Å². The van der Waals surface area contributed by atoms with Gasteiger partial charge in [0.25, 0.3) is 0 Å². The fourth-order valence-corrected chi connectivity index (χ4v) is 4.61. The molecule has 0 saturated heterocycles. The Morgan fingerprint density at radius 1 is 1.04 bits per heavy atom. The Morgan fingerprint density at radius 3 is 1.91 bits per heavy atom. The van der Waals surface area contributed by atoms with E-state index in [1.165, 1.54) is 12.1 Å². The molecule has 132 valence electrons. The van der Waals surface area contributed by atoms with E-state index in [9.17, 15) is 17.0 Å². The monoisotopic (exact) mass is 363 g/mol. The average Bonchev–Trinajstić information content (AvgIpc) is 2.42. The lowest BCUT2D eigenvalue weighted by Gasteiger charge is -2.35. The van der Waals surface area contributed by atoms with E-state index in [4.69, 9.17) is 0 Å². The van der Waals surface area contributed by atoms with Crippen molar-refractivity contribution < 1.29 is 17.0 Å². The maximum atomic E-state index is 15.0. The summed E-state index contributed by atoms with van der Waals surface area (Å²) in [6.07, 6.45) is 0. The standard InChI is InChI=1S/C16H26FNO3S2/c1-15(2,3)13(18-22(19)16(4,5)6)14(17)23(20,21)12-10-8-7-9-11-12/h7-11,13-14,18H,1-6H3/t13-,14+,22-/m1/s1. The number of sulfone groups is 1. The normalized spacial score (nSPS) is 17.5. The summed E-state index contributed by atoms with van der Waals surface area (Å²) in [5, 5.41) is 0. The van der Waals surface area contributed by atoms with Crippen molar-refractivity contribution in [1.82, 2.24) is 4.72 Å². The largest absolute Gasteiger partial charge is 0.242 e. The molecule has 0 fully saturated rings. The number of benzene rings is 1. The van der Waals surface area contributed by atoms with Crippen molar-refractivity contribution in [1.29, 1.82) is 0 Å². The van der Waals surface area contributed by atoms with Gasteiger partial charge < -0.3 is 0 Å². The molecule has 0 amide bonds. The molecule has 0 bridgehead atoms. The van der Waals surface area contributed by atoms with E-state index in [2.05, 4.69) is 4.72 Å². The summed E-state index contributed by atoms with van der Waals surface area (Å²) < 4.78 is 54.5. The molecule has 0 radical (unpaired) electrons. The van der Waals surface area contributed by atoms with Crippen LogP contribution in [0.25, 0.3) is 0 Å². The molecule has 0 unspecified atom stereocenters. The molecule has 3 atom stereocenters. The molecule has 0 aromatic heterocycles. The molecule has 1 N–H and O–H groups in total. The van der Waals surface area contributed by atoms with Crippen molar-refractivity contribution in [3.05, 3.63) is 30.3 Å². The van der Waals surface area contributed by atoms with Crippen LogP contribution >= 0.6 is 0 Å². The predicted molar refractivity (Wildman–Crippen MR) is 92.8 cm³/mol. The lowest BCUT2D eigenvalue weighted by Crippen LogP contribution is -2.53. The zero-order valence-corrected chi connectivity index (χ0v) is 16.1. The van der Waals surface area contributed by atoms with E-state index >= 15 is 0 Å². The number of halogens is 1. The molecule has 0 aliphatic heterocycles. The summed E-state index contributed by atoms with van der Waals surface area (Å²) in [4.78, 5) is -0.0786. The van der Waals surface area contributed by atoms with Crippen LogP contribution in [0, 0.1) is 5.41 Å². The van der Waals surface area contributed by atoms with Gasteiger partial charge in [-0.1, -0.05) is 39.0 Å². The van der Waals surface area contributed by atoms with Crippen molar-refractivity contribution in [2.24, 2.45) is 5.41 Å². The molecule has 23 heavy (non-hydrogen) atoms. The van der Waals surface area contributed by atoms with Gasteiger partial charge in [0.2, 0.25) is 15.3 Å². The number of hydrogen-bond acceptors (Lipinski definition) is 3. The molecule has 0 aliphatic carbocycles. The maximum Gasteiger partial charge on any atom is 0.221 e. The van der Waals surface area contributed by atoms with Gasteiger partial charge in [-0.05, 0) is 38.3 Å². The number of rotatable bonds is 5. The Morgan fingerprint density at radius 2 is 1.52 bits per heavy atom. The Balaban J connectivity index is 3.21. The van der Waals surface area contributed by atoms with Gasteiger partial charge in [-0.25, -0.2) is 21.7 Å². The summed E-state index contributed by atoms with van der Waals surface area (Å²) >= 11 is 0. The van der Waals surface area contributed by atoms with Crippen LogP contribution in [0.4, 0.5) is 4.39 Å². The molecule has 7 heteroatoms. The van der Waals surface area contributed by atoms with Gasteiger partial charge in [0.15, 0.2) is 0 Å². The van der Waals surface area contributed by atoms with Gasteiger partial charge >= 0.3 is 0 Å². The van der Waals surface area contributed by atoms with Gasteiger partial charge in [-0.15, -0.1) is 0 Å². The highest BCUT2D eigenvalue weighted by molar-refractivity contribution is 7.92. The zero-order valence-electron chi connectivity index (χ0n) is 14.5. The predicted octanol–water partition coefficient (Wildman–Crippen LogP) is 3.22. The van der Waals surface area contributed by atoms with E-state index in [1.54, 1.807) is 59.7 Å². The third kappa shape index (κ3) is 5.09. The second-order valence-corrected chi connectivity index (χ2v) is 11.6. The Kier molecular flexibility index (Phi) is 6.15. The minimum Gasteiger partial charge on any atom is -0.242 e. The highest BCUT2D eigenvalue weighted by Crippen LogP contribution is 2.30. The fraction of sp³-hybridized carbons (Fsp3) is 0.625. The van der Waals surface area contributed by atoms with E-state index in [-0.39, 0.29) is 4.90 Å². The summed E-state index contributed by atoms with van der Waals surface area (Å²) in [6.45, 7) is 10.4. The highest BCUT2D eigenvalue weighted by atomic mass is 32.2. The Bertz CT molecular complexity index is 646. The summed E-state index contributed by atoms with van der Waals surface area (Å²) in [5.41, 5.74) is -2.93. The van der Waals surface area contributed by atoms with Crippen LogP contribution in [0.15, 0.2) is 35.2 Å². The summed E-state index contributed by atoms with van der Waals surface area (Å²) in [6, 6.07) is 6.39. The second-order valence-electron chi connectivity index (χ2n) is 7.55. The topological polar surface area (TPSA) is 63.2 Å². The fourth-order valence-electron chi connectivity index (χ4n) is 1.83. The third-order valence-corrected chi connectivity index (χ3v) is 6.73. The number of nitrogens with one attached hydrogen (secondary N) is 1. The minimum atomic E-state index is -4.18. The van der Waals surface area contributed by atoms with Crippen LogP contribution in [0.1, 0.15) is 41.5 Å².